The van der Waals surface area contributed by atoms with Gasteiger partial charge in [-0.3, -0.25) is 4.79 Å². The Bertz CT molecular complexity index is 375. The van der Waals surface area contributed by atoms with E-state index in [-0.39, 0.29) is 11.1 Å². The van der Waals surface area contributed by atoms with E-state index in [0.717, 1.165) is 18.2 Å². The molecule has 1 atom stereocenters. The second-order valence-corrected chi connectivity index (χ2v) is 2.63. The predicted molar refractivity (Wildman–Crippen MR) is 44.4 cm³/mol. The van der Waals surface area contributed by atoms with Crippen molar-refractivity contribution in [2.45, 2.75) is 6.10 Å². The van der Waals surface area contributed by atoms with Crippen molar-refractivity contribution in [2.75, 3.05) is 0 Å². The van der Waals surface area contributed by atoms with Gasteiger partial charge >= 0.3 is 5.97 Å². The molecule has 0 aliphatic heterocycles. The fraction of sp³-hybridized carbons (Fsp3) is 0.111. The van der Waals surface area contributed by atoms with Crippen molar-refractivity contribution in [3.63, 3.8) is 0 Å². The minimum atomic E-state index is -1.88. The molecule has 0 aromatic heterocycles. The molecular weight excluding hydrogens is 191 g/mol. The van der Waals surface area contributed by atoms with Crippen LogP contribution in [0.1, 0.15) is 22.0 Å². The summed E-state index contributed by atoms with van der Waals surface area (Å²) in [4.78, 5) is 20.8. The van der Waals surface area contributed by atoms with Crippen LogP contribution in [0.5, 0.6) is 0 Å². The Labute approximate surface area is 78.6 Å². The fourth-order valence-corrected chi connectivity index (χ4v) is 1.02. The first-order chi connectivity index (χ1) is 6.56. The van der Waals surface area contributed by atoms with Crippen LogP contribution in [-0.2, 0) is 4.79 Å². The number of aliphatic hydroxyl groups is 1. The first-order valence-corrected chi connectivity index (χ1v) is 3.71. The van der Waals surface area contributed by atoms with Crippen molar-refractivity contribution in [3.8, 4) is 0 Å². The molecule has 0 saturated carbocycles. The predicted octanol–water partition coefficient (Wildman–Crippen LogP) is 0.756. The SMILES string of the molecule is O=Cc1ccc(F)cc1C(O)C(=O)O. The molecule has 0 spiro atoms. The second-order valence-electron chi connectivity index (χ2n) is 2.63. The van der Waals surface area contributed by atoms with Crippen LogP contribution in [0.25, 0.3) is 0 Å². The van der Waals surface area contributed by atoms with Gasteiger partial charge in [-0.05, 0) is 18.2 Å². The van der Waals surface area contributed by atoms with E-state index in [1.807, 2.05) is 0 Å². The summed E-state index contributed by atoms with van der Waals surface area (Å²) in [6, 6.07) is 2.95. The Morgan fingerprint density at radius 2 is 2.14 bits per heavy atom. The average molecular weight is 198 g/mol. The minimum Gasteiger partial charge on any atom is -0.479 e. The number of carboxylic acid groups (broad SMARTS) is 1. The van der Waals surface area contributed by atoms with Crippen LogP contribution < -0.4 is 0 Å². The van der Waals surface area contributed by atoms with E-state index in [1.54, 1.807) is 0 Å². The van der Waals surface area contributed by atoms with E-state index >= 15 is 0 Å². The van der Waals surface area contributed by atoms with Gasteiger partial charge in [-0.25, -0.2) is 9.18 Å². The maximum atomic E-state index is 12.7. The van der Waals surface area contributed by atoms with Crippen LogP contribution in [0, 0.1) is 5.82 Å². The zero-order valence-electron chi connectivity index (χ0n) is 6.98. The van der Waals surface area contributed by atoms with E-state index in [2.05, 4.69) is 0 Å². The van der Waals surface area contributed by atoms with Crippen LogP contribution in [0.4, 0.5) is 4.39 Å². The van der Waals surface area contributed by atoms with Crippen molar-refractivity contribution < 1.29 is 24.2 Å². The summed E-state index contributed by atoms with van der Waals surface area (Å²) in [6.07, 6.45) is -1.52. The van der Waals surface area contributed by atoms with Crippen LogP contribution in [0.15, 0.2) is 18.2 Å². The number of carbonyl (C=O) groups is 2. The number of hydrogen-bond donors (Lipinski definition) is 2. The highest BCUT2D eigenvalue weighted by Crippen LogP contribution is 2.18. The Morgan fingerprint density at radius 1 is 1.50 bits per heavy atom. The maximum Gasteiger partial charge on any atom is 0.337 e. The minimum absolute atomic E-state index is 0.0405. The molecule has 1 aromatic rings. The molecule has 0 bridgehead atoms. The second kappa shape index (κ2) is 3.97. The van der Waals surface area contributed by atoms with Gasteiger partial charge in [-0.1, -0.05) is 0 Å². The standard InChI is InChI=1S/C9H7FO4/c10-6-2-1-5(4-11)7(3-6)8(12)9(13)14/h1-4,8,12H,(H,13,14). The van der Waals surface area contributed by atoms with Crippen molar-refractivity contribution in [1.82, 2.24) is 0 Å². The molecule has 0 fully saturated rings. The van der Waals surface area contributed by atoms with Gasteiger partial charge in [0.1, 0.15) is 12.1 Å². The number of aliphatic carboxylic acids is 1. The third kappa shape index (κ3) is 1.94. The molecule has 0 aliphatic carbocycles. The molecule has 0 amide bonds. The zero-order chi connectivity index (χ0) is 10.7. The van der Waals surface area contributed by atoms with Crippen LogP contribution in [0.2, 0.25) is 0 Å². The topological polar surface area (TPSA) is 74.6 Å². The Kier molecular flexibility index (Phi) is 2.93. The molecule has 4 nitrogen and oxygen atoms in total. The molecule has 74 valence electrons. The number of benzene rings is 1. The quantitative estimate of drug-likeness (QED) is 0.703. The van der Waals surface area contributed by atoms with Gasteiger partial charge in [0, 0.05) is 11.1 Å². The average Bonchev–Trinajstić information content (AvgIpc) is 2.16. The molecule has 0 saturated heterocycles. The van der Waals surface area contributed by atoms with Crippen molar-refractivity contribution >= 4 is 12.3 Å². The van der Waals surface area contributed by atoms with E-state index in [4.69, 9.17) is 10.2 Å². The third-order valence-corrected chi connectivity index (χ3v) is 1.70. The first kappa shape index (κ1) is 10.3. The number of aldehydes is 1. The smallest absolute Gasteiger partial charge is 0.337 e. The summed E-state index contributed by atoms with van der Waals surface area (Å²) < 4.78 is 12.7. The molecular formula is C9H7FO4. The van der Waals surface area contributed by atoms with Crippen LogP contribution >= 0.6 is 0 Å². The van der Waals surface area contributed by atoms with Gasteiger partial charge in [0.05, 0.1) is 0 Å². The molecule has 0 radical (unpaired) electrons. The molecule has 0 heterocycles. The number of carboxylic acids is 1. The van der Waals surface area contributed by atoms with Gasteiger partial charge in [0.15, 0.2) is 6.10 Å². The van der Waals surface area contributed by atoms with Gasteiger partial charge in [-0.2, -0.15) is 0 Å². The monoisotopic (exact) mass is 198 g/mol. The molecule has 0 aliphatic rings. The maximum absolute atomic E-state index is 12.7. The summed E-state index contributed by atoms with van der Waals surface area (Å²) in [6.45, 7) is 0. The van der Waals surface area contributed by atoms with Crippen LogP contribution in [-0.4, -0.2) is 22.5 Å². The molecule has 1 unspecified atom stereocenters. The largest absolute Gasteiger partial charge is 0.479 e. The van der Waals surface area contributed by atoms with E-state index in [0.29, 0.717) is 6.29 Å². The molecule has 14 heavy (non-hydrogen) atoms. The number of hydrogen-bond acceptors (Lipinski definition) is 3. The van der Waals surface area contributed by atoms with Crippen molar-refractivity contribution in [1.29, 1.82) is 0 Å². The number of carbonyl (C=O) groups excluding carboxylic acids is 1. The van der Waals surface area contributed by atoms with Gasteiger partial charge < -0.3 is 10.2 Å². The molecule has 1 rings (SSSR count). The zero-order valence-corrected chi connectivity index (χ0v) is 6.98. The summed E-state index contributed by atoms with van der Waals surface area (Å²) in [5, 5.41) is 17.6. The highest BCUT2D eigenvalue weighted by molar-refractivity contribution is 5.82. The first-order valence-electron chi connectivity index (χ1n) is 3.71. The summed E-state index contributed by atoms with van der Waals surface area (Å²) in [5.74, 6) is -2.23. The molecule has 5 heteroatoms. The summed E-state index contributed by atoms with van der Waals surface area (Å²) in [7, 11) is 0. The van der Waals surface area contributed by atoms with E-state index in [9.17, 15) is 14.0 Å². The van der Waals surface area contributed by atoms with Gasteiger partial charge in [-0.15, -0.1) is 0 Å². The summed E-state index contributed by atoms with van der Waals surface area (Å²) >= 11 is 0. The van der Waals surface area contributed by atoms with Crippen LogP contribution in [0.3, 0.4) is 0 Å². The Morgan fingerprint density at radius 3 is 2.64 bits per heavy atom. The lowest BCUT2D eigenvalue weighted by molar-refractivity contribution is -0.146. The number of rotatable bonds is 3. The van der Waals surface area contributed by atoms with Gasteiger partial charge in [0.25, 0.3) is 0 Å². The highest BCUT2D eigenvalue weighted by atomic mass is 19.1. The Balaban J connectivity index is 3.23. The lowest BCUT2D eigenvalue weighted by Crippen LogP contribution is -2.12. The summed E-state index contributed by atoms with van der Waals surface area (Å²) in [5.41, 5.74) is -0.284. The molecule has 1 aromatic carbocycles. The fourth-order valence-electron chi connectivity index (χ4n) is 1.02. The van der Waals surface area contributed by atoms with E-state index < -0.39 is 17.9 Å². The highest BCUT2D eigenvalue weighted by Gasteiger charge is 2.19. The van der Waals surface area contributed by atoms with E-state index in [1.165, 1.54) is 0 Å². The molecule has 2 N–H and O–H groups in total. The lowest BCUT2D eigenvalue weighted by Gasteiger charge is -2.07. The van der Waals surface area contributed by atoms with Crippen molar-refractivity contribution in [3.05, 3.63) is 35.1 Å². The van der Waals surface area contributed by atoms with Crippen molar-refractivity contribution in [2.24, 2.45) is 0 Å². The van der Waals surface area contributed by atoms with Gasteiger partial charge in [0.2, 0.25) is 0 Å². The Hall–Kier alpha value is -1.75. The normalized spacial score (nSPS) is 12.1. The third-order valence-electron chi connectivity index (χ3n) is 1.70. The lowest BCUT2D eigenvalue weighted by atomic mass is 10.0. The number of aliphatic hydroxyl groups excluding tert-OH is 1. The number of halogens is 1.